The second-order valence-electron chi connectivity index (χ2n) is 4.00. The minimum absolute atomic E-state index is 0.379. The number of carbonyl (C=O) groups is 1. The molecular formula is C13H12N2O3. The van der Waals surface area contributed by atoms with Crippen LogP contribution in [0.4, 0.5) is 0 Å². The van der Waals surface area contributed by atoms with Crippen molar-refractivity contribution in [1.29, 1.82) is 0 Å². The summed E-state index contributed by atoms with van der Waals surface area (Å²) in [5.74, 6) is 0.403. The molecule has 1 aromatic carbocycles. The maximum absolute atomic E-state index is 11.4. The van der Waals surface area contributed by atoms with E-state index in [4.69, 9.17) is 4.74 Å². The summed E-state index contributed by atoms with van der Waals surface area (Å²) in [6.45, 7) is 0. The van der Waals surface area contributed by atoms with E-state index in [1.165, 1.54) is 7.11 Å². The molecule has 5 nitrogen and oxygen atoms in total. The lowest BCUT2D eigenvalue weighted by Crippen LogP contribution is -2.00. The first-order chi connectivity index (χ1) is 8.72. The highest BCUT2D eigenvalue weighted by Gasteiger charge is 2.13. The van der Waals surface area contributed by atoms with Crippen molar-refractivity contribution in [3.05, 3.63) is 30.0 Å². The van der Waals surface area contributed by atoms with Crippen LogP contribution in [0.25, 0.3) is 21.9 Å². The topological polar surface area (TPSA) is 67.1 Å². The van der Waals surface area contributed by atoms with Crippen LogP contribution < -0.4 is 4.74 Å². The number of hydrogen-bond acceptors (Lipinski definition) is 3. The molecule has 0 aliphatic carbocycles. The summed E-state index contributed by atoms with van der Waals surface area (Å²) < 4.78 is 9.88. The lowest BCUT2D eigenvalue weighted by molar-refractivity contribution is 0.0595. The van der Waals surface area contributed by atoms with Gasteiger partial charge in [-0.15, -0.1) is 0 Å². The molecule has 18 heavy (non-hydrogen) atoms. The van der Waals surface area contributed by atoms with E-state index in [-0.39, 0.29) is 5.97 Å². The summed E-state index contributed by atoms with van der Waals surface area (Å²) in [4.78, 5) is 17.7. The summed E-state index contributed by atoms with van der Waals surface area (Å²) in [6, 6.07) is 7.54. The first-order valence-electron chi connectivity index (χ1n) is 5.49. The van der Waals surface area contributed by atoms with Crippen molar-refractivity contribution >= 4 is 27.9 Å². The number of aromatic nitrogens is 2. The average molecular weight is 244 g/mol. The Kier molecular flexibility index (Phi) is 2.26. The van der Waals surface area contributed by atoms with Crippen molar-refractivity contribution in [1.82, 2.24) is 9.97 Å². The van der Waals surface area contributed by atoms with Crippen LogP contribution in [0.1, 0.15) is 10.5 Å². The predicted molar refractivity (Wildman–Crippen MR) is 68.0 cm³/mol. The summed E-state index contributed by atoms with van der Waals surface area (Å²) >= 11 is 0. The zero-order chi connectivity index (χ0) is 12.7. The molecule has 2 aromatic heterocycles. The highest BCUT2D eigenvalue weighted by atomic mass is 16.5. The van der Waals surface area contributed by atoms with Gasteiger partial charge in [0, 0.05) is 16.3 Å². The van der Waals surface area contributed by atoms with Gasteiger partial charge in [-0.1, -0.05) is 0 Å². The van der Waals surface area contributed by atoms with Crippen LogP contribution in [0.2, 0.25) is 0 Å². The van der Waals surface area contributed by atoms with Gasteiger partial charge in [0.2, 0.25) is 0 Å². The number of ether oxygens (including phenoxy) is 2. The van der Waals surface area contributed by atoms with Crippen molar-refractivity contribution in [3.8, 4) is 5.75 Å². The number of rotatable bonds is 2. The minimum Gasteiger partial charge on any atom is -0.497 e. The number of fused-ring (bicyclic) bond motifs is 3. The van der Waals surface area contributed by atoms with Gasteiger partial charge in [0.15, 0.2) is 0 Å². The molecule has 0 fully saturated rings. The second kappa shape index (κ2) is 3.80. The fourth-order valence-electron chi connectivity index (χ4n) is 2.10. The van der Waals surface area contributed by atoms with Gasteiger partial charge in [-0.2, -0.15) is 0 Å². The highest BCUT2D eigenvalue weighted by Crippen LogP contribution is 2.29. The van der Waals surface area contributed by atoms with Crippen LogP contribution in [0.3, 0.4) is 0 Å². The van der Waals surface area contributed by atoms with Crippen LogP contribution in [0.15, 0.2) is 24.3 Å². The first-order valence-corrected chi connectivity index (χ1v) is 5.49. The SMILES string of the molecule is COC(=O)c1cc2c([nH]1)[nH]c1ccc(OC)cc12. The molecule has 0 atom stereocenters. The maximum atomic E-state index is 11.4. The van der Waals surface area contributed by atoms with Crippen LogP contribution in [0.5, 0.6) is 5.75 Å². The maximum Gasteiger partial charge on any atom is 0.354 e. The molecule has 0 amide bonds. The molecule has 0 bridgehead atoms. The van der Waals surface area contributed by atoms with Crippen molar-refractivity contribution in [2.24, 2.45) is 0 Å². The first kappa shape index (κ1) is 10.7. The molecule has 3 rings (SSSR count). The Morgan fingerprint density at radius 1 is 1.11 bits per heavy atom. The van der Waals surface area contributed by atoms with E-state index in [1.807, 2.05) is 18.2 Å². The molecule has 0 spiro atoms. The van der Waals surface area contributed by atoms with Gasteiger partial charge in [-0.05, 0) is 24.3 Å². The molecule has 0 unspecified atom stereocenters. The number of aromatic amines is 2. The fourth-order valence-corrected chi connectivity index (χ4v) is 2.10. The third kappa shape index (κ3) is 1.44. The number of benzene rings is 1. The van der Waals surface area contributed by atoms with Crippen LogP contribution in [-0.2, 0) is 4.74 Å². The molecule has 0 saturated carbocycles. The zero-order valence-corrected chi connectivity index (χ0v) is 10.0. The number of nitrogens with one attached hydrogen (secondary N) is 2. The minimum atomic E-state index is -0.379. The van der Waals surface area contributed by atoms with Gasteiger partial charge in [-0.25, -0.2) is 4.79 Å². The Morgan fingerprint density at radius 2 is 1.94 bits per heavy atom. The summed E-state index contributed by atoms with van der Waals surface area (Å²) in [5.41, 5.74) is 2.23. The Bertz CT molecular complexity index is 739. The standard InChI is InChI=1S/C13H12N2O3/c1-17-7-3-4-10-8(5-7)9-6-11(13(16)18-2)15-12(9)14-10/h3-6,14-15H,1-2H3. The van der Waals surface area contributed by atoms with E-state index in [0.29, 0.717) is 5.69 Å². The molecular weight excluding hydrogens is 232 g/mol. The lowest BCUT2D eigenvalue weighted by Gasteiger charge is -1.98. The van der Waals surface area contributed by atoms with Gasteiger partial charge >= 0.3 is 5.97 Å². The summed E-state index contributed by atoms with van der Waals surface area (Å²) in [6.07, 6.45) is 0. The highest BCUT2D eigenvalue weighted by molar-refractivity contribution is 6.09. The Balaban J connectivity index is 2.25. The van der Waals surface area contributed by atoms with E-state index in [0.717, 1.165) is 27.7 Å². The van der Waals surface area contributed by atoms with Gasteiger partial charge in [0.25, 0.3) is 0 Å². The van der Waals surface area contributed by atoms with Crippen molar-refractivity contribution in [2.75, 3.05) is 14.2 Å². The molecule has 2 heterocycles. The molecule has 0 saturated heterocycles. The number of H-pyrrole nitrogens is 2. The van der Waals surface area contributed by atoms with Crippen LogP contribution in [0, 0.1) is 0 Å². The van der Waals surface area contributed by atoms with Gasteiger partial charge in [-0.3, -0.25) is 0 Å². The number of carbonyl (C=O) groups excluding carboxylic acids is 1. The van der Waals surface area contributed by atoms with Crippen molar-refractivity contribution in [2.45, 2.75) is 0 Å². The van der Waals surface area contributed by atoms with Crippen molar-refractivity contribution in [3.63, 3.8) is 0 Å². The third-order valence-electron chi connectivity index (χ3n) is 3.00. The lowest BCUT2D eigenvalue weighted by atomic mass is 10.2. The van der Waals surface area contributed by atoms with E-state index >= 15 is 0 Å². The Hall–Kier alpha value is -2.43. The molecule has 0 aliphatic rings. The monoisotopic (exact) mass is 244 g/mol. The Labute approximate surface area is 103 Å². The van der Waals surface area contributed by atoms with E-state index in [9.17, 15) is 4.79 Å². The molecule has 0 radical (unpaired) electrons. The average Bonchev–Trinajstić information content (AvgIpc) is 2.94. The van der Waals surface area contributed by atoms with Crippen LogP contribution in [-0.4, -0.2) is 30.2 Å². The number of hydrogen-bond donors (Lipinski definition) is 2. The zero-order valence-electron chi connectivity index (χ0n) is 10.0. The fraction of sp³-hybridized carbons (Fsp3) is 0.154. The van der Waals surface area contributed by atoms with E-state index in [1.54, 1.807) is 13.2 Å². The van der Waals surface area contributed by atoms with Crippen molar-refractivity contribution < 1.29 is 14.3 Å². The van der Waals surface area contributed by atoms with Gasteiger partial charge in [0.1, 0.15) is 17.1 Å². The predicted octanol–water partition coefficient (Wildman–Crippen LogP) is 2.44. The third-order valence-corrected chi connectivity index (χ3v) is 3.00. The quantitative estimate of drug-likeness (QED) is 0.680. The largest absolute Gasteiger partial charge is 0.497 e. The molecule has 0 aliphatic heterocycles. The number of methoxy groups -OCH3 is 2. The molecule has 92 valence electrons. The summed E-state index contributed by atoms with van der Waals surface area (Å²) in [5, 5.41) is 1.96. The molecule has 3 aromatic rings. The molecule has 2 N–H and O–H groups in total. The number of esters is 1. The smallest absolute Gasteiger partial charge is 0.354 e. The van der Waals surface area contributed by atoms with Gasteiger partial charge < -0.3 is 19.4 Å². The second-order valence-corrected chi connectivity index (χ2v) is 4.00. The van der Waals surface area contributed by atoms with E-state index in [2.05, 4.69) is 14.7 Å². The van der Waals surface area contributed by atoms with Crippen LogP contribution >= 0.6 is 0 Å². The Morgan fingerprint density at radius 3 is 2.67 bits per heavy atom. The van der Waals surface area contributed by atoms with E-state index < -0.39 is 0 Å². The normalized spacial score (nSPS) is 11.0. The summed E-state index contributed by atoms with van der Waals surface area (Å²) in [7, 11) is 2.99. The van der Waals surface area contributed by atoms with Gasteiger partial charge in [0.05, 0.1) is 14.2 Å². The molecule has 5 heteroatoms.